The number of para-hydroxylation sites is 2. The molecule has 1 aliphatic heterocycles. The molecule has 0 spiro atoms. The van der Waals surface area contributed by atoms with Gasteiger partial charge in [0.15, 0.2) is 0 Å². The number of hydrogen-bond acceptors (Lipinski definition) is 2. The molecule has 3 heteroatoms. The van der Waals surface area contributed by atoms with E-state index in [1.165, 1.54) is 11.3 Å². The van der Waals surface area contributed by atoms with Gasteiger partial charge < -0.3 is 10.2 Å². The number of nitrogens with one attached hydrogen (secondary N) is 1. The van der Waals surface area contributed by atoms with Crippen LogP contribution in [0.25, 0.3) is 0 Å². The first-order chi connectivity index (χ1) is 11.1. The summed E-state index contributed by atoms with van der Waals surface area (Å²) in [5.74, 6) is 0.0547. The minimum atomic E-state index is -0.185. The molecule has 0 unspecified atom stereocenters. The highest BCUT2D eigenvalue weighted by molar-refractivity contribution is 5.98. The molecule has 0 saturated heterocycles. The quantitative estimate of drug-likeness (QED) is 0.926. The van der Waals surface area contributed by atoms with E-state index in [9.17, 15) is 4.79 Å². The predicted molar refractivity (Wildman–Crippen MR) is 96.1 cm³/mol. The van der Waals surface area contributed by atoms with Crippen molar-refractivity contribution < 1.29 is 4.79 Å². The lowest BCUT2D eigenvalue weighted by Crippen LogP contribution is -2.44. The summed E-state index contributed by atoms with van der Waals surface area (Å²) in [6.07, 6.45) is 2.19. The maximum Gasteiger partial charge on any atom is 0.246 e. The maximum absolute atomic E-state index is 12.8. The first kappa shape index (κ1) is 15.6. The Morgan fingerprint density at radius 3 is 2.52 bits per heavy atom. The zero-order chi connectivity index (χ0) is 16.4. The smallest absolute Gasteiger partial charge is 0.246 e. The fourth-order valence-corrected chi connectivity index (χ4v) is 3.35. The molecule has 1 amide bonds. The number of fused-ring (bicyclic) bond motifs is 1. The number of carbonyl (C=O) groups is 1. The maximum atomic E-state index is 12.8. The summed E-state index contributed by atoms with van der Waals surface area (Å²) in [4.78, 5) is 15.0. The van der Waals surface area contributed by atoms with Gasteiger partial charge in [-0.2, -0.15) is 0 Å². The van der Waals surface area contributed by atoms with Crippen LogP contribution in [0.5, 0.6) is 0 Å². The summed E-state index contributed by atoms with van der Waals surface area (Å²) in [5, 5.41) is 3.13. The summed E-state index contributed by atoms with van der Waals surface area (Å²) in [6.45, 7) is 6.98. The van der Waals surface area contributed by atoms with Gasteiger partial charge in [-0.1, -0.05) is 36.4 Å². The number of amides is 1. The standard InChI is InChI=1S/C20H24N2O/c1-14-8-6-9-15(2)19(14)21-20(23)16(3)22-13-7-11-17-10-4-5-12-18(17)22/h4-6,8-10,12,16H,7,11,13H2,1-3H3,(H,21,23)/t16-/m1/s1. The molecule has 3 rings (SSSR count). The first-order valence-electron chi connectivity index (χ1n) is 8.29. The summed E-state index contributed by atoms with van der Waals surface area (Å²) < 4.78 is 0. The monoisotopic (exact) mass is 308 g/mol. The van der Waals surface area contributed by atoms with Gasteiger partial charge in [-0.25, -0.2) is 0 Å². The van der Waals surface area contributed by atoms with Gasteiger partial charge in [-0.05, 0) is 56.4 Å². The molecule has 2 aromatic rings. The number of anilines is 2. The van der Waals surface area contributed by atoms with Crippen LogP contribution < -0.4 is 10.2 Å². The van der Waals surface area contributed by atoms with Gasteiger partial charge in [0.2, 0.25) is 5.91 Å². The molecule has 1 aliphatic rings. The normalized spacial score (nSPS) is 15.0. The van der Waals surface area contributed by atoms with Gasteiger partial charge in [-0.15, -0.1) is 0 Å². The van der Waals surface area contributed by atoms with Crippen molar-refractivity contribution >= 4 is 17.3 Å². The highest BCUT2D eigenvalue weighted by Crippen LogP contribution is 2.29. The molecule has 23 heavy (non-hydrogen) atoms. The molecule has 1 atom stereocenters. The van der Waals surface area contributed by atoms with E-state index in [4.69, 9.17) is 0 Å². The highest BCUT2D eigenvalue weighted by atomic mass is 16.2. The second-order valence-electron chi connectivity index (χ2n) is 6.36. The third kappa shape index (κ3) is 3.09. The Balaban J connectivity index is 1.81. The highest BCUT2D eigenvalue weighted by Gasteiger charge is 2.26. The predicted octanol–water partition coefficient (Wildman–Crippen LogP) is 4.08. The molecule has 0 bridgehead atoms. The number of nitrogens with zero attached hydrogens (tertiary/aromatic N) is 1. The van der Waals surface area contributed by atoms with Crippen LogP contribution in [-0.4, -0.2) is 18.5 Å². The third-order valence-corrected chi connectivity index (χ3v) is 4.72. The molecule has 0 saturated carbocycles. The second-order valence-corrected chi connectivity index (χ2v) is 6.36. The van der Waals surface area contributed by atoms with Crippen LogP contribution in [0.3, 0.4) is 0 Å². The molecule has 0 aromatic heterocycles. The van der Waals surface area contributed by atoms with Gasteiger partial charge in [0, 0.05) is 17.9 Å². The molecule has 0 aliphatic carbocycles. The molecule has 2 aromatic carbocycles. The summed E-state index contributed by atoms with van der Waals surface area (Å²) in [5.41, 5.74) is 5.68. The first-order valence-corrected chi connectivity index (χ1v) is 8.29. The van der Waals surface area contributed by atoms with Crippen molar-refractivity contribution in [1.29, 1.82) is 0 Å². The van der Waals surface area contributed by atoms with Crippen molar-refractivity contribution in [2.75, 3.05) is 16.8 Å². The van der Waals surface area contributed by atoms with Crippen molar-refractivity contribution in [3.63, 3.8) is 0 Å². The third-order valence-electron chi connectivity index (χ3n) is 4.72. The lowest BCUT2D eigenvalue weighted by molar-refractivity contribution is -0.117. The van der Waals surface area contributed by atoms with Crippen molar-refractivity contribution in [3.05, 3.63) is 59.2 Å². The Morgan fingerprint density at radius 2 is 1.78 bits per heavy atom. The van der Waals surface area contributed by atoms with E-state index < -0.39 is 0 Å². The minimum Gasteiger partial charge on any atom is -0.360 e. The SMILES string of the molecule is Cc1cccc(C)c1NC(=O)[C@@H](C)N1CCCc2ccccc21. The number of benzene rings is 2. The van der Waals surface area contributed by atoms with E-state index in [-0.39, 0.29) is 11.9 Å². The summed E-state index contributed by atoms with van der Waals surface area (Å²) in [7, 11) is 0. The summed E-state index contributed by atoms with van der Waals surface area (Å²) >= 11 is 0. The van der Waals surface area contributed by atoms with Crippen LogP contribution in [0.1, 0.15) is 30.0 Å². The van der Waals surface area contributed by atoms with Crippen molar-refractivity contribution in [3.8, 4) is 0 Å². The van der Waals surface area contributed by atoms with Gasteiger partial charge >= 0.3 is 0 Å². The number of rotatable bonds is 3. The number of hydrogen-bond donors (Lipinski definition) is 1. The molecular weight excluding hydrogens is 284 g/mol. The Morgan fingerprint density at radius 1 is 1.09 bits per heavy atom. The molecule has 3 nitrogen and oxygen atoms in total. The lowest BCUT2D eigenvalue weighted by atomic mass is 10.00. The molecule has 1 heterocycles. The molecular formula is C20H24N2O. The van der Waals surface area contributed by atoms with Crippen LogP contribution >= 0.6 is 0 Å². The fourth-order valence-electron chi connectivity index (χ4n) is 3.35. The summed E-state index contributed by atoms with van der Waals surface area (Å²) in [6, 6.07) is 14.3. The minimum absolute atomic E-state index is 0.0547. The van der Waals surface area contributed by atoms with Crippen molar-refractivity contribution in [1.82, 2.24) is 0 Å². The van der Waals surface area contributed by atoms with Crippen LogP contribution in [0.4, 0.5) is 11.4 Å². The molecule has 120 valence electrons. The van der Waals surface area contributed by atoms with Crippen LogP contribution in [0, 0.1) is 13.8 Å². The van der Waals surface area contributed by atoms with E-state index in [2.05, 4.69) is 28.4 Å². The van der Waals surface area contributed by atoms with Crippen LogP contribution in [-0.2, 0) is 11.2 Å². The van der Waals surface area contributed by atoms with Crippen molar-refractivity contribution in [2.45, 2.75) is 39.7 Å². The fraction of sp³-hybridized carbons (Fsp3) is 0.350. The molecule has 1 N–H and O–H groups in total. The van der Waals surface area contributed by atoms with Crippen LogP contribution in [0.15, 0.2) is 42.5 Å². The zero-order valence-corrected chi connectivity index (χ0v) is 14.1. The van der Waals surface area contributed by atoms with E-state index in [0.29, 0.717) is 0 Å². The number of aryl methyl sites for hydroxylation is 3. The van der Waals surface area contributed by atoms with E-state index >= 15 is 0 Å². The largest absolute Gasteiger partial charge is 0.360 e. The molecule has 0 fully saturated rings. The second kappa shape index (κ2) is 6.45. The van der Waals surface area contributed by atoms with Gasteiger partial charge in [0.25, 0.3) is 0 Å². The Labute approximate surface area is 138 Å². The van der Waals surface area contributed by atoms with Gasteiger partial charge in [0.05, 0.1) is 0 Å². The average Bonchev–Trinajstić information content (AvgIpc) is 2.57. The zero-order valence-electron chi connectivity index (χ0n) is 14.1. The Kier molecular flexibility index (Phi) is 4.37. The van der Waals surface area contributed by atoms with E-state index in [1.54, 1.807) is 0 Å². The number of carbonyl (C=O) groups excluding carboxylic acids is 1. The van der Waals surface area contributed by atoms with Crippen molar-refractivity contribution in [2.24, 2.45) is 0 Å². The topological polar surface area (TPSA) is 32.3 Å². The Bertz CT molecular complexity index is 703. The average molecular weight is 308 g/mol. The van der Waals surface area contributed by atoms with E-state index in [1.807, 2.05) is 45.0 Å². The lowest BCUT2D eigenvalue weighted by Gasteiger charge is -2.35. The Hall–Kier alpha value is -2.29. The van der Waals surface area contributed by atoms with Gasteiger partial charge in [-0.3, -0.25) is 4.79 Å². The molecule has 0 radical (unpaired) electrons. The van der Waals surface area contributed by atoms with Gasteiger partial charge in [0.1, 0.15) is 6.04 Å². The van der Waals surface area contributed by atoms with E-state index in [0.717, 1.165) is 36.2 Å². The van der Waals surface area contributed by atoms with Crippen LogP contribution in [0.2, 0.25) is 0 Å².